The molecule has 2 amide bonds. The van der Waals surface area contributed by atoms with Gasteiger partial charge in [0, 0.05) is 18.7 Å². The molecule has 0 saturated carbocycles. The molecule has 5 nitrogen and oxygen atoms in total. The van der Waals surface area contributed by atoms with Gasteiger partial charge in [-0.15, -0.1) is 24.2 Å². The summed E-state index contributed by atoms with van der Waals surface area (Å²) in [6.45, 7) is 7.24. The fraction of sp³-hybridized carbons (Fsp3) is 0.846. The minimum Gasteiger partial charge on any atom is -0.354 e. The van der Waals surface area contributed by atoms with Gasteiger partial charge in [-0.1, -0.05) is 20.8 Å². The molecule has 1 rings (SSSR count). The average Bonchev–Trinajstić information content (AvgIpc) is 2.75. The van der Waals surface area contributed by atoms with Gasteiger partial charge in [-0.2, -0.15) is 0 Å². The Labute approximate surface area is 131 Å². The van der Waals surface area contributed by atoms with Crippen molar-refractivity contribution < 1.29 is 9.59 Å². The van der Waals surface area contributed by atoms with Gasteiger partial charge in [0.05, 0.1) is 5.88 Å². The molecular formula is C13H26ClN3O2S. The Hall–Kier alpha value is -0.460. The molecular weight excluding hydrogens is 298 g/mol. The lowest BCUT2D eigenvalue weighted by Crippen LogP contribution is -2.48. The van der Waals surface area contributed by atoms with Gasteiger partial charge in [0.15, 0.2) is 0 Å². The molecule has 1 heterocycles. The van der Waals surface area contributed by atoms with Crippen LogP contribution in [0.2, 0.25) is 0 Å². The Kier molecular flexibility index (Phi) is 8.54. The van der Waals surface area contributed by atoms with Crippen LogP contribution in [0, 0.1) is 5.41 Å². The van der Waals surface area contributed by atoms with Crippen molar-refractivity contribution in [2.45, 2.75) is 39.7 Å². The summed E-state index contributed by atoms with van der Waals surface area (Å²) >= 11 is 1.63. The molecule has 0 aliphatic carbocycles. The average molecular weight is 324 g/mol. The number of hydrogen-bond donors (Lipinski definition) is 2. The van der Waals surface area contributed by atoms with Gasteiger partial charge in [0.2, 0.25) is 11.8 Å². The van der Waals surface area contributed by atoms with Crippen LogP contribution in [0.25, 0.3) is 0 Å². The van der Waals surface area contributed by atoms with Gasteiger partial charge in [0.25, 0.3) is 0 Å². The summed E-state index contributed by atoms with van der Waals surface area (Å²) in [7, 11) is 0. The molecule has 1 saturated heterocycles. The van der Waals surface area contributed by atoms with Gasteiger partial charge in [-0.05, 0) is 18.4 Å². The van der Waals surface area contributed by atoms with Crippen LogP contribution in [0.3, 0.4) is 0 Å². The Morgan fingerprint density at radius 1 is 1.40 bits per heavy atom. The lowest BCUT2D eigenvalue weighted by molar-refractivity contribution is -0.139. The number of amides is 2. The highest BCUT2D eigenvalue weighted by Gasteiger charge is 2.35. The molecule has 0 aromatic heterocycles. The van der Waals surface area contributed by atoms with E-state index < -0.39 is 0 Å². The zero-order chi connectivity index (χ0) is 14.5. The van der Waals surface area contributed by atoms with E-state index in [2.05, 4.69) is 5.32 Å². The number of hydrogen-bond acceptors (Lipinski definition) is 4. The molecule has 0 aromatic carbocycles. The molecule has 0 bridgehead atoms. The minimum absolute atomic E-state index is 0. The van der Waals surface area contributed by atoms with Gasteiger partial charge < -0.3 is 16.0 Å². The second-order valence-electron chi connectivity index (χ2n) is 6.05. The van der Waals surface area contributed by atoms with E-state index in [0.29, 0.717) is 31.1 Å². The smallest absolute Gasteiger partial charge is 0.243 e. The van der Waals surface area contributed by atoms with Crippen LogP contribution in [0.1, 0.15) is 33.6 Å². The van der Waals surface area contributed by atoms with Crippen molar-refractivity contribution >= 4 is 36.0 Å². The van der Waals surface area contributed by atoms with Crippen LogP contribution < -0.4 is 11.1 Å². The van der Waals surface area contributed by atoms with Gasteiger partial charge >= 0.3 is 0 Å². The summed E-state index contributed by atoms with van der Waals surface area (Å²) in [5.41, 5.74) is 5.34. The van der Waals surface area contributed by atoms with Crippen LogP contribution >= 0.6 is 24.2 Å². The van der Waals surface area contributed by atoms with E-state index in [0.717, 1.165) is 6.42 Å². The molecule has 3 N–H and O–H groups in total. The number of nitrogens with two attached hydrogens (primary N) is 1. The highest BCUT2D eigenvalue weighted by molar-refractivity contribution is 7.99. The van der Waals surface area contributed by atoms with E-state index in [1.165, 1.54) is 0 Å². The highest BCUT2D eigenvalue weighted by atomic mass is 35.5. The predicted octanol–water partition coefficient (Wildman–Crippen LogP) is 1.21. The molecule has 1 aliphatic rings. The first-order valence-corrected chi connectivity index (χ1v) is 7.85. The van der Waals surface area contributed by atoms with E-state index in [4.69, 9.17) is 5.73 Å². The fourth-order valence-corrected chi connectivity index (χ4v) is 3.07. The molecule has 0 aromatic rings. The van der Waals surface area contributed by atoms with Crippen LogP contribution in [-0.2, 0) is 9.59 Å². The van der Waals surface area contributed by atoms with E-state index in [9.17, 15) is 9.59 Å². The van der Waals surface area contributed by atoms with Crippen LogP contribution in [-0.4, -0.2) is 47.5 Å². The van der Waals surface area contributed by atoms with Gasteiger partial charge in [-0.25, -0.2) is 0 Å². The summed E-state index contributed by atoms with van der Waals surface area (Å²) < 4.78 is 0. The maximum atomic E-state index is 12.2. The van der Waals surface area contributed by atoms with Crippen molar-refractivity contribution in [3.8, 4) is 0 Å². The van der Waals surface area contributed by atoms with Crippen LogP contribution in [0.5, 0.6) is 0 Å². The van der Waals surface area contributed by atoms with E-state index >= 15 is 0 Å². The lowest BCUT2D eigenvalue weighted by atomic mass is 9.91. The molecule has 0 radical (unpaired) electrons. The molecule has 1 fully saturated rings. The third-order valence-electron chi connectivity index (χ3n) is 2.87. The van der Waals surface area contributed by atoms with Crippen molar-refractivity contribution in [3.05, 3.63) is 0 Å². The number of carbonyl (C=O) groups is 2. The summed E-state index contributed by atoms with van der Waals surface area (Å²) in [4.78, 5) is 26.0. The van der Waals surface area contributed by atoms with Crippen molar-refractivity contribution in [2.75, 3.05) is 24.7 Å². The number of carbonyl (C=O) groups excluding carboxylic acids is 2. The van der Waals surface area contributed by atoms with Gasteiger partial charge in [0.1, 0.15) is 6.04 Å². The molecule has 1 atom stereocenters. The third-order valence-corrected chi connectivity index (χ3v) is 3.88. The molecule has 1 aliphatic heterocycles. The summed E-state index contributed by atoms with van der Waals surface area (Å²) in [5, 5.41) is 2.85. The number of nitrogens with zero attached hydrogens (tertiary/aromatic N) is 1. The van der Waals surface area contributed by atoms with Gasteiger partial charge in [-0.3, -0.25) is 9.59 Å². The maximum absolute atomic E-state index is 12.2. The summed E-state index contributed by atoms with van der Waals surface area (Å²) in [6, 6.07) is -0.322. The second-order valence-corrected chi connectivity index (χ2v) is 7.05. The SMILES string of the molecule is CC(C)(C)CC(=O)N1CSCC1C(=O)NCCCN.Cl. The summed E-state index contributed by atoms with van der Waals surface area (Å²) in [5.74, 6) is 1.31. The first kappa shape index (κ1) is 19.5. The summed E-state index contributed by atoms with van der Waals surface area (Å²) in [6.07, 6.45) is 1.24. The monoisotopic (exact) mass is 323 g/mol. The van der Waals surface area contributed by atoms with E-state index in [-0.39, 0.29) is 35.7 Å². The Morgan fingerprint density at radius 2 is 2.05 bits per heavy atom. The van der Waals surface area contributed by atoms with Crippen molar-refractivity contribution in [1.29, 1.82) is 0 Å². The standard InChI is InChI=1S/C13H25N3O2S.ClH/c1-13(2,3)7-11(17)16-9-19-8-10(16)12(18)15-6-4-5-14;/h10H,4-9,14H2,1-3H3,(H,15,18);1H. The molecule has 1 unspecified atom stereocenters. The first-order chi connectivity index (χ1) is 8.85. The molecule has 118 valence electrons. The second kappa shape index (κ2) is 8.74. The zero-order valence-electron chi connectivity index (χ0n) is 12.5. The van der Waals surface area contributed by atoms with Crippen LogP contribution in [0.4, 0.5) is 0 Å². The Bertz CT molecular complexity index is 334. The molecule has 0 spiro atoms. The van der Waals surface area contributed by atoms with Crippen molar-refractivity contribution in [1.82, 2.24) is 10.2 Å². The molecule has 20 heavy (non-hydrogen) atoms. The number of nitrogens with one attached hydrogen (secondary N) is 1. The number of rotatable bonds is 5. The van der Waals surface area contributed by atoms with Crippen molar-refractivity contribution in [3.63, 3.8) is 0 Å². The minimum atomic E-state index is -0.322. The Morgan fingerprint density at radius 3 is 2.60 bits per heavy atom. The third kappa shape index (κ3) is 6.33. The predicted molar refractivity (Wildman–Crippen MR) is 86.0 cm³/mol. The topological polar surface area (TPSA) is 75.4 Å². The lowest BCUT2D eigenvalue weighted by Gasteiger charge is -2.26. The quantitative estimate of drug-likeness (QED) is 0.746. The van der Waals surface area contributed by atoms with E-state index in [1.54, 1.807) is 16.7 Å². The Balaban J connectivity index is 0.00000361. The van der Waals surface area contributed by atoms with Crippen LogP contribution in [0.15, 0.2) is 0 Å². The largest absolute Gasteiger partial charge is 0.354 e. The maximum Gasteiger partial charge on any atom is 0.243 e. The van der Waals surface area contributed by atoms with E-state index in [1.807, 2.05) is 20.8 Å². The van der Waals surface area contributed by atoms with Crippen molar-refractivity contribution in [2.24, 2.45) is 11.1 Å². The zero-order valence-corrected chi connectivity index (χ0v) is 14.1. The molecule has 7 heteroatoms. The normalized spacial score (nSPS) is 18.6. The first-order valence-electron chi connectivity index (χ1n) is 6.70. The fourth-order valence-electron chi connectivity index (χ4n) is 1.89. The number of thioether (sulfide) groups is 1. The highest BCUT2D eigenvalue weighted by Crippen LogP contribution is 2.26. The number of halogens is 1.